The molecule has 0 saturated heterocycles. The van der Waals surface area contributed by atoms with Crippen LogP contribution in [0.2, 0.25) is 26.2 Å². The maximum Gasteiger partial charge on any atom is -0.147 e. The van der Waals surface area contributed by atoms with Crippen molar-refractivity contribution in [3.63, 3.8) is 0 Å². The first-order chi connectivity index (χ1) is 26.9. The van der Waals surface area contributed by atoms with E-state index in [0.29, 0.717) is 0 Å². The fraction of sp³-hybridized carbons (Fsp3) is 0.231. The van der Waals surface area contributed by atoms with Crippen molar-refractivity contribution in [2.45, 2.75) is 79.6 Å². The van der Waals surface area contributed by atoms with Crippen LogP contribution in [0, 0.1) is 24.3 Å². The van der Waals surface area contributed by atoms with Crippen LogP contribution in [0.5, 0.6) is 0 Å². The van der Waals surface area contributed by atoms with Gasteiger partial charge in [-0.15, -0.1) is 72.8 Å². The minimum Gasteiger partial charge on any atom is -0.147 e. The minimum atomic E-state index is 0. The molecule has 0 amide bonds. The third kappa shape index (κ3) is 22.2. The maximum atomic E-state index is 3.29. The van der Waals surface area contributed by atoms with Crippen molar-refractivity contribution in [3.8, 4) is 0 Å². The summed E-state index contributed by atoms with van der Waals surface area (Å²) in [6, 6.07) is 41.9. The van der Waals surface area contributed by atoms with E-state index >= 15 is 0 Å². The van der Waals surface area contributed by atoms with Gasteiger partial charge in [0.1, 0.15) is 0 Å². The molecule has 0 heterocycles. The van der Waals surface area contributed by atoms with Gasteiger partial charge in [0.25, 0.3) is 0 Å². The first-order valence-corrected chi connectivity index (χ1v) is 35.1. The van der Waals surface area contributed by atoms with E-state index in [4.69, 9.17) is 0 Å². The summed E-state index contributed by atoms with van der Waals surface area (Å²) in [6.07, 6.45) is 25.9. The Balaban J connectivity index is 0.000000360. The zero-order chi connectivity index (χ0) is 40.7. The van der Waals surface area contributed by atoms with Crippen LogP contribution in [0.1, 0.15) is 75.6 Å². The zero-order valence-corrected chi connectivity index (χ0v) is 46.3. The second-order valence-corrected chi connectivity index (χ2v) is 39.8. The zero-order valence-electron chi connectivity index (χ0n) is 35.5. The number of hydrogen-bond acceptors (Lipinski definition) is 0. The number of hydrogen-bond donors (Lipinski definition) is 0. The van der Waals surface area contributed by atoms with Gasteiger partial charge in [0.15, 0.2) is 0 Å². The number of rotatable bonds is 4. The van der Waals surface area contributed by atoms with Gasteiger partial charge in [-0.05, 0) is 22.3 Å². The van der Waals surface area contributed by atoms with Crippen LogP contribution in [0.15, 0.2) is 168 Å². The van der Waals surface area contributed by atoms with E-state index in [-0.39, 0.29) is 35.8 Å². The molecule has 0 N–H and O–H groups in total. The van der Waals surface area contributed by atoms with Crippen LogP contribution in [0.4, 0.5) is 0 Å². The molecule has 0 aromatic heterocycles. The standard InChI is InChI=1S/4C12H11.2C2H6Si.2ClH.2Hf/c4*1-10-7-8-12(9-10)11-5-3-2-4-6-11;2*1-3-2;;;;/h4*2-6,9H,8H2,1H3;2*1-2H3;2*1H;;/q4*-1;;;;;2*+2. The van der Waals surface area contributed by atoms with Gasteiger partial charge in [-0.3, -0.25) is 24.3 Å². The van der Waals surface area contributed by atoms with Gasteiger partial charge in [0.2, 0.25) is 0 Å². The molecule has 0 bridgehead atoms. The summed E-state index contributed by atoms with van der Waals surface area (Å²) in [7, 11) is 0. The first kappa shape index (κ1) is 53.6. The van der Waals surface area contributed by atoms with Gasteiger partial charge in [-0.2, -0.15) is 0 Å². The summed E-state index contributed by atoms with van der Waals surface area (Å²) in [4.78, 5) is 0. The number of allylic oxidation sites excluding steroid dienone is 16. The largest absolute Gasteiger partial charge is 0.147 e. The first-order valence-electron chi connectivity index (χ1n) is 19.3. The average molecular weight is 1170 g/mol. The third-order valence-electron chi connectivity index (χ3n) is 8.37. The molecule has 0 unspecified atom stereocenters. The Morgan fingerprint density at radius 1 is 0.345 bits per heavy atom. The van der Waals surface area contributed by atoms with E-state index in [1.54, 1.807) is 0 Å². The number of halogens is 2. The second-order valence-electron chi connectivity index (χ2n) is 14.3. The normalized spacial score (nSPS) is 14.0. The SMILES string of the molecule is CC1=[C-]CC(c2ccccc2)=C1.CC1=[C-]CC(c2ccccc2)=C1.CC1=[C-]CC(c2ccccc2)=C1.CC1=[C-]CC(c2ccccc2)=C1.C[Si](C)=[Hf+2].C[Si](C)=[Hf+2].Cl.Cl. The molecular weight excluding hydrogens is 1110 g/mol. The summed E-state index contributed by atoms with van der Waals surface area (Å²) < 4.78 is 0. The smallest absolute Gasteiger partial charge is 0.147 e. The molecule has 4 aromatic rings. The van der Waals surface area contributed by atoms with Gasteiger partial charge in [0, 0.05) is 0 Å². The molecule has 0 radical (unpaired) electrons. The third-order valence-corrected chi connectivity index (χ3v) is 8.37. The second kappa shape index (κ2) is 30.6. The molecule has 0 fully saturated rings. The van der Waals surface area contributed by atoms with E-state index in [2.05, 4.69) is 200 Å². The van der Waals surface area contributed by atoms with Crippen LogP contribution in [-0.2, 0) is 46.0 Å². The molecule has 8 rings (SSSR count). The van der Waals surface area contributed by atoms with Gasteiger partial charge in [0.05, 0.1) is 0 Å². The molecule has 0 saturated carbocycles. The molecule has 58 heavy (non-hydrogen) atoms. The Hall–Kier alpha value is -2.45. The Bertz CT molecular complexity index is 1820. The molecule has 4 aliphatic carbocycles. The predicted octanol–water partition coefficient (Wildman–Crippen LogP) is 15.3. The van der Waals surface area contributed by atoms with Crippen LogP contribution in [0.25, 0.3) is 22.3 Å². The minimum absolute atomic E-state index is 0. The van der Waals surface area contributed by atoms with Crippen molar-refractivity contribution in [1.29, 1.82) is 0 Å². The molecule has 0 atom stereocenters. The molecule has 4 aromatic carbocycles. The van der Waals surface area contributed by atoms with Crippen LogP contribution in [0.3, 0.4) is 0 Å². The van der Waals surface area contributed by atoms with E-state index < -0.39 is 0 Å². The summed E-state index contributed by atoms with van der Waals surface area (Å²) in [5.41, 5.74) is 16.4. The Morgan fingerprint density at radius 3 is 0.621 bits per heavy atom. The van der Waals surface area contributed by atoms with Crippen LogP contribution < -0.4 is 0 Å². The molecular formula is C52H58Cl2Hf2Si2. The van der Waals surface area contributed by atoms with Crippen molar-refractivity contribution in [3.05, 3.63) is 214 Å². The van der Waals surface area contributed by atoms with Crippen molar-refractivity contribution in [2.24, 2.45) is 0 Å². The molecule has 4 aliphatic rings. The van der Waals surface area contributed by atoms with Crippen molar-refractivity contribution < 1.29 is 46.0 Å². The van der Waals surface area contributed by atoms with Crippen molar-refractivity contribution >= 4 is 58.1 Å². The van der Waals surface area contributed by atoms with E-state index in [9.17, 15) is 0 Å². The average Bonchev–Trinajstić information content (AvgIpc) is 4.03. The van der Waals surface area contributed by atoms with Crippen LogP contribution >= 0.6 is 24.8 Å². The molecule has 296 valence electrons. The van der Waals surface area contributed by atoms with Gasteiger partial charge in [-0.1, -0.05) is 149 Å². The Kier molecular flexibility index (Phi) is 28.2. The van der Waals surface area contributed by atoms with E-state index in [1.807, 2.05) is 24.3 Å². The van der Waals surface area contributed by atoms with Crippen LogP contribution in [-0.4, -0.2) is 11.0 Å². The molecule has 0 nitrogen and oxygen atoms in total. The summed E-state index contributed by atoms with van der Waals surface area (Å²) in [5.74, 6) is 0. The maximum absolute atomic E-state index is 3.29. The molecule has 6 heteroatoms. The Morgan fingerprint density at radius 2 is 0.500 bits per heavy atom. The number of benzene rings is 4. The monoisotopic (exact) mass is 1170 g/mol. The molecule has 0 spiro atoms. The van der Waals surface area contributed by atoms with E-state index in [1.165, 1.54) is 113 Å². The van der Waals surface area contributed by atoms with Gasteiger partial charge < -0.3 is 0 Å². The Labute approximate surface area is 394 Å². The van der Waals surface area contributed by atoms with Crippen molar-refractivity contribution in [2.75, 3.05) is 0 Å². The fourth-order valence-electron chi connectivity index (χ4n) is 5.74. The summed E-state index contributed by atoms with van der Waals surface area (Å²) in [5, 5.41) is 0. The van der Waals surface area contributed by atoms with Crippen molar-refractivity contribution in [1.82, 2.24) is 0 Å². The topological polar surface area (TPSA) is 0 Å². The fourth-order valence-corrected chi connectivity index (χ4v) is 5.74. The summed E-state index contributed by atoms with van der Waals surface area (Å²) in [6.45, 7) is 17.7. The van der Waals surface area contributed by atoms with Gasteiger partial charge in [-0.25, -0.2) is 46.6 Å². The summed E-state index contributed by atoms with van der Waals surface area (Å²) >= 11 is 2.90. The van der Waals surface area contributed by atoms with E-state index in [0.717, 1.165) is 25.7 Å². The van der Waals surface area contributed by atoms with Gasteiger partial charge >= 0.3 is 83.2 Å². The quantitative estimate of drug-likeness (QED) is 0.141. The predicted molar refractivity (Wildman–Crippen MR) is 255 cm³/mol. The molecule has 0 aliphatic heterocycles.